The van der Waals surface area contributed by atoms with Gasteiger partial charge in [-0.25, -0.2) is 4.98 Å². The topological polar surface area (TPSA) is 63.7 Å². The zero-order chi connectivity index (χ0) is 17.4. The zero-order valence-electron chi connectivity index (χ0n) is 13.8. The molecule has 4 rings (SSSR count). The summed E-state index contributed by atoms with van der Waals surface area (Å²) in [5.41, 5.74) is 0. The molecular formula is C17H17N3O3S2. The monoisotopic (exact) mass is 375 g/mol. The molecule has 1 atom stereocenters. The van der Waals surface area contributed by atoms with Crippen molar-refractivity contribution in [2.24, 2.45) is 0 Å². The van der Waals surface area contributed by atoms with Crippen LogP contribution in [0, 0.1) is 0 Å². The van der Waals surface area contributed by atoms with Crippen LogP contribution in [0.4, 0.5) is 5.13 Å². The van der Waals surface area contributed by atoms with Gasteiger partial charge >= 0.3 is 0 Å². The minimum absolute atomic E-state index is 0.107. The zero-order valence-corrected chi connectivity index (χ0v) is 15.4. The number of ether oxygens (including phenoxy) is 2. The first-order valence-corrected chi connectivity index (χ1v) is 9.48. The first-order valence-electron chi connectivity index (χ1n) is 7.84. The van der Waals surface area contributed by atoms with Gasteiger partial charge in [-0.3, -0.25) is 4.79 Å². The van der Waals surface area contributed by atoms with Gasteiger partial charge in [0.25, 0.3) is 5.91 Å². The van der Waals surface area contributed by atoms with E-state index < -0.39 is 0 Å². The summed E-state index contributed by atoms with van der Waals surface area (Å²) in [6.07, 6.45) is -0.196. The number of thiophene rings is 1. The predicted molar refractivity (Wildman–Crippen MR) is 101 cm³/mol. The van der Waals surface area contributed by atoms with Crippen LogP contribution in [0.1, 0.15) is 9.67 Å². The maximum Gasteiger partial charge on any atom is 0.261 e. The lowest BCUT2D eigenvalue weighted by Gasteiger charge is -2.26. The Morgan fingerprint density at radius 2 is 2.12 bits per heavy atom. The summed E-state index contributed by atoms with van der Waals surface area (Å²) in [4.78, 5) is 20.4. The van der Waals surface area contributed by atoms with Gasteiger partial charge in [-0.2, -0.15) is 0 Å². The van der Waals surface area contributed by atoms with Crippen molar-refractivity contribution in [1.82, 2.24) is 10.3 Å². The van der Waals surface area contributed by atoms with Crippen LogP contribution in [0.15, 0.2) is 30.3 Å². The summed E-state index contributed by atoms with van der Waals surface area (Å²) >= 11 is 2.99. The summed E-state index contributed by atoms with van der Waals surface area (Å²) in [5, 5.41) is 3.86. The fourth-order valence-electron chi connectivity index (χ4n) is 2.48. The molecule has 0 bridgehead atoms. The second kappa shape index (κ2) is 6.53. The minimum Gasteiger partial charge on any atom is -0.486 e. The molecule has 8 heteroatoms. The molecule has 0 saturated carbocycles. The maximum atomic E-state index is 12.4. The van der Waals surface area contributed by atoms with E-state index in [-0.39, 0.29) is 12.0 Å². The normalized spacial score (nSPS) is 16.0. The molecule has 2 aromatic heterocycles. The molecule has 1 unspecified atom stereocenters. The standard InChI is InChI=1S/C17H17N3O3S2/c1-20(2)17-19-16-14(25-17)7-13(24-16)15(21)18-8-10-9-22-11-5-3-4-6-12(11)23-10/h3-7,10H,8-9H2,1-2H3,(H,18,21). The lowest BCUT2D eigenvalue weighted by molar-refractivity contribution is 0.0791. The molecule has 0 fully saturated rings. The van der Waals surface area contributed by atoms with Crippen LogP contribution in [-0.4, -0.2) is 44.2 Å². The number of hydrogen-bond donors (Lipinski definition) is 1. The molecule has 0 aliphatic carbocycles. The third-order valence-corrected chi connectivity index (χ3v) is 6.07. The number of carbonyl (C=O) groups excluding carboxylic acids is 1. The summed E-state index contributed by atoms with van der Waals surface area (Å²) in [5.74, 6) is 1.35. The Labute approximate surface area is 153 Å². The van der Waals surface area contributed by atoms with Crippen molar-refractivity contribution < 1.29 is 14.3 Å². The predicted octanol–water partition coefficient (Wildman–Crippen LogP) is 2.99. The number of para-hydroxylation sites is 2. The van der Waals surface area contributed by atoms with Gasteiger partial charge < -0.3 is 19.7 Å². The molecule has 0 spiro atoms. The van der Waals surface area contributed by atoms with Crippen LogP contribution >= 0.6 is 22.7 Å². The van der Waals surface area contributed by atoms with E-state index in [0.717, 1.165) is 20.4 Å². The molecule has 3 aromatic rings. The molecule has 1 aliphatic heterocycles. The molecule has 1 aromatic carbocycles. The van der Waals surface area contributed by atoms with Crippen molar-refractivity contribution in [3.05, 3.63) is 35.2 Å². The van der Waals surface area contributed by atoms with Gasteiger partial charge in [0, 0.05) is 14.1 Å². The largest absolute Gasteiger partial charge is 0.486 e. The first-order chi connectivity index (χ1) is 12.1. The number of benzene rings is 1. The average molecular weight is 375 g/mol. The molecule has 25 heavy (non-hydrogen) atoms. The second-order valence-corrected chi connectivity index (χ2v) is 7.92. The highest BCUT2D eigenvalue weighted by Crippen LogP contribution is 2.34. The SMILES string of the molecule is CN(C)c1nc2sc(C(=O)NCC3COc4ccccc4O3)cc2s1. The van der Waals surface area contributed by atoms with E-state index in [1.165, 1.54) is 11.3 Å². The summed E-state index contributed by atoms with van der Waals surface area (Å²) < 4.78 is 12.5. The van der Waals surface area contributed by atoms with Crippen molar-refractivity contribution in [2.45, 2.75) is 6.10 Å². The molecule has 1 N–H and O–H groups in total. The number of thiazole rings is 1. The van der Waals surface area contributed by atoms with Crippen LogP contribution < -0.4 is 19.7 Å². The minimum atomic E-state index is -0.196. The number of hydrogen-bond acceptors (Lipinski definition) is 7. The number of amides is 1. The number of anilines is 1. The lowest BCUT2D eigenvalue weighted by atomic mass is 10.2. The fraction of sp³-hybridized carbons (Fsp3) is 0.294. The van der Waals surface area contributed by atoms with Gasteiger partial charge in [-0.15, -0.1) is 11.3 Å². The van der Waals surface area contributed by atoms with Crippen molar-refractivity contribution >= 4 is 43.2 Å². The van der Waals surface area contributed by atoms with E-state index in [4.69, 9.17) is 9.47 Å². The molecular weight excluding hydrogens is 358 g/mol. The Morgan fingerprint density at radius 1 is 1.32 bits per heavy atom. The van der Waals surface area contributed by atoms with Crippen LogP contribution in [0.3, 0.4) is 0 Å². The van der Waals surface area contributed by atoms with Gasteiger partial charge in [0.15, 0.2) is 16.6 Å². The second-order valence-electron chi connectivity index (χ2n) is 5.88. The quantitative estimate of drug-likeness (QED) is 0.759. The highest BCUT2D eigenvalue weighted by Gasteiger charge is 2.22. The van der Waals surface area contributed by atoms with Crippen LogP contribution in [-0.2, 0) is 0 Å². The van der Waals surface area contributed by atoms with Crippen LogP contribution in [0.2, 0.25) is 0 Å². The Kier molecular flexibility index (Phi) is 4.22. The third-order valence-electron chi connectivity index (χ3n) is 3.74. The van der Waals surface area contributed by atoms with E-state index >= 15 is 0 Å². The van der Waals surface area contributed by atoms with Crippen LogP contribution in [0.5, 0.6) is 11.5 Å². The van der Waals surface area contributed by atoms with E-state index in [2.05, 4.69) is 10.3 Å². The van der Waals surface area contributed by atoms with Gasteiger partial charge in [-0.05, 0) is 18.2 Å². The van der Waals surface area contributed by atoms with Crippen molar-refractivity contribution in [3.8, 4) is 11.5 Å². The molecule has 0 saturated heterocycles. The smallest absolute Gasteiger partial charge is 0.261 e. The van der Waals surface area contributed by atoms with Crippen molar-refractivity contribution in [3.63, 3.8) is 0 Å². The Morgan fingerprint density at radius 3 is 2.88 bits per heavy atom. The molecule has 130 valence electrons. The molecule has 6 nitrogen and oxygen atoms in total. The highest BCUT2D eigenvalue weighted by atomic mass is 32.1. The molecule has 1 aliphatic rings. The average Bonchev–Trinajstić information content (AvgIpc) is 3.18. The van der Waals surface area contributed by atoms with Crippen molar-refractivity contribution in [1.29, 1.82) is 0 Å². The van der Waals surface area contributed by atoms with Gasteiger partial charge in [0.2, 0.25) is 0 Å². The number of nitrogens with zero attached hydrogens (tertiary/aromatic N) is 2. The summed E-state index contributed by atoms with van der Waals surface area (Å²) in [6, 6.07) is 9.44. The number of carbonyl (C=O) groups is 1. The Bertz CT molecular complexity index is 887. The number of fused-ring (bicyclic) bond motifs is 2. The number of rotatable bonds is 4. The number of aromatic nitrogens is 1. The first kappa shape index (κ1) is 16.2. The van der Waals surface area contributed by atoms with Crippen LogP contribution in [0.25, 0.3) is 9.53 Å². The van der Waals surface area contributed by atoms with E-state index in [1.54, 1.807) is 11.3 Å². The Balaban J connectivity index is 1.38. The number of nitrogens with one attached hydrogen (secondary N) is 1. The molecule has 1 amide bonds. The summed E-state index contributed by atoms with van der Waals surface area (Å²) in [6.45, 7) is 0.819. The van der Waals surface area contributed by atoms with Gasteiger partial charge in [-0.1, -0.05) is 23.5 Å². The Hall–Kier alpha value is -2.32. The highest BCUT2D eigenvalue weighted by molar-refractivity contribution is 7.29. The van der Waals surface area contributed by atoms with Gasteiger partial charge in [0.1, 0.15) is 17.5 Å². The van der Waals surface area contributed by atoms with Crippen molar-refractivity contribution in [2.75, 3.05) is 32.1 Å². The molecule has 0 radical (unpaired) electrons. The lowest BCUT2D eigenvalue weighted by Crippen LogP contribution is -2.40. The van der Waals surface area contributed by atoms with E-state index in [1.807, 2.05) is 49.3 Å². The fourth-order valence-corrected chi connectivity index (χ4v) is 4.53. The van der Waals surface area contributed by atoms with E-state index in [0.29, 0.717) is 23.8 Å². The van der Waals surface area contributed by atoms with E-state index in [9.17, 15) is 4.79 Å². The summed E-state index contributed by atoms with van der Waals surface area (Å²) in [7, 11) is 3.92. The maximum absolute atomic E-state index is 12.4. The third kappa shape index (κ3) is 3.27. The molecule has 3 heterocycles. The van der Waals surface area contributed by atoms with Gasteiger partial charge in [0.05, 0.1) is 16.1 Å².